The van der Waals surface area contributed by atoms with E-state index in [2.05, 4.69) is 0 Å². The zero-order valence-corrected chi connectivity index (χ0v) is 18.1. The molecule has 2 atom stereocenters. The van der Waals surface area contributed by atoms with Crippen LogP contribution >= 0.6 is 23.2 Å². The lowest BCUT2D eigenvalue weighted by Crippen LogP contribution is -2.52. The highest BCUT2D eigenvalue weighted by molar-refractivity contribution is 6.36. The summed E-state index contributed by atoms with van der Waals surface area (Å²) in [6.45, 7) is -0.603. The van der Waals surface area contributed by atoms with E-state index in [0.29, 0.717) is 17.9 Å². The minimum absolute atomic E-state index is 0.0138. The van der Waals surface area contributed by atoms with Crippen LogP contribution in [0.2, 0.25) is 10.0 Å². The largest absolute Gasteiger partial charge is 0.292 e. The van der Waals surface area contributed by atoms with Crippen LogP contribution in [0.25, 0.3) is 0 Å². The molecule has 32 heavy (non-hydrogen) atoms. The lowest BCUT2D eigenvalue weighted by Gasteiger charge is -2.30. The average molecular weight is 475 g/mol. The molecule has 2 aromatic rings. The summed E-state index contributed by atoms with van der Waals surface area (Å²) in [6, 6.07) is 8.93. The number of Topliss-reactive ketones (excluding diaryl/α,β-unsaturated/α-hetero) is 1. The first-order valence-electron chi connectivity index (χ1n) is 9.86. The van der Waals surface area contributed by atoms with Crippen molar-refractivity contribution in [1.82, 2.24) is 10.0 Å². The van der Waals surface area contributed by atoms with E-state index >= 15 is 0 Å². The maximum absolute atomic E-state index is 13.4. The number of allylic oxidation sites excluding steroid dienone is 2. The molecular weight excluding hydrogens is 458 g/mol. The van der Waals surface area contributed by atoms with Crippen molar-refractivity contribution < 1.29 is 23.6 Å². The van der Waals surface area contributed by atoms with E-state index in [1.165, 1.54) is 30.3 Å². The maximum atomic E-state index is 13.4. The van der Waals surface area contributed by atoms with E-state index in [0.717, 1.165) is 22.2 Å². The van der Waals surface area contributed by atoms with Crippen molar-refractivity contribution in [3.63, 3.8) is 0 Å². The van der Waals surface area contributed by atoms with Gasteiger partial charge in [0, 0.05) is 10.6 Å². The molecule has 1 aliphatic carbocycles. The third kappa shape index (κ3) is 4.06. The van der Waals surface area contributed by atoms with Crippen molar-refractivity contribution in [2.24, 2.45) is 11.8 Å². The minimum Gasteiger partial charge on any atom is -0.292 e. The van der Waals surface area contributed by atoms with Crippen molar-refractivity contribution >= 4 is 46.7 Å². The summed E-state index contributed by atoms with van der Waals surface area (Å²) in [5.41, 5.74) is 0.112. The van der Waals surface area contributed by atoms with E-state index in [4.69, 9.17) is 23.2 Å². The molecule has 0 saturated carbocycles. The number of carbonyl (C=O) groups excluding carboxylic acids is 4. The first-order chi connectivity index (χ1) is 15.3. The number of rotatable bonds is 5. The van der Waals surface area contributed by atoms with Crippen molar-refractivity contribution in [3.8, 4) is 0 Å². The topological polar surface area (TPSA) is 74.8 Å². The Balaban J connectivity index is 1.71. The molecule has 0 spiro atoms. The van der Waals surface area contributed by atoms with Crippen LogP contribution in [0.15, 0.2) is 54.6 Å². The van der Waals surface area contributed by atoms with Crippen molar-refractivity contribution in [1.29, 1.82) is 0 Å². The smallest absolute Gasteiger partial charge is 0.274 e. The van der Waals surface area contributed by atoms with Crippen LogP contribution in [-0.4, -0.2) is 40.1 Å². The molecule has 1 aliphatic heterocycles. The first kappa shape index (κ1) is 22.2. The number of benzene rings is 2. The van der Waals surface area contributed by atoms with Gasteiger partial charge < -0.3 is 0 Å². The van der Waals surface area contributed by atoms with E-state index < -0.39 is 47.7 Å². The second kappa shape index (κ2) is 8.84. The number of ketones is 1. The molecule has 0 unspecified atom stereocenters. The molecule has 0 bridgehead atoms. The third-order valence-corrected chi connectivity index (χ3v) is 6.13. The van der Waals surface area contributed by atoms with Crippen molar-refractivity contribution in [2.75, 3.05) is 6.54 Å². The van der Waals surface area contributed by atoms with Crippen LogP contribution < -0.4 is 0 Å². The number of fused-ring (bicyclic) bond motifs is 1. The summed E-state index contributed by atoms with van der Waals surface area (Å²) >= 11 is 12.1. The second-order valence-corrected chi connectivity index (χ2v) is 8.40. The highest BCUT2D eigenvalue weighted by Gasteiger charge is 2.51. The molecule has 3 amide bonds. The second-order valence-electron chi connectivity index (χ2n) is 7.56. The van der Waals surface area contributed by atoms with E-state index in [-0.39, 0.29) is 16.1 Å². The predicted molar refractivity (Wildman–Crippen MR) is 115 cm³/mol. The quantitative estimate of drug-likeness (QED) is 0.367. The monoisotopic (exact) mass is 474 g/mol. The molecule has 4 rings (SSSR count). The molecule has 2 aliphatic rings. The number of hydrogen-bond acceptors (Lipinski definition) is 4. The summed E-state index contributed by atoms with van der Waals surface area (Å²) in [6.07, 6.45) is 4.40. The Hall–Kier alpha value is -3.03. The zero-order chi connectivity index (χ0) is 23.0. The van der Waals surface area contributed by atoms with Gasteiger partial charge in [-0.05, 0) is 55.3 Å². The van der Waals surface area contributed by atoms with Gasteiger partial charge in [0.2, 0.25) is 0 Å². The molecule has 0 N–H and O–H groups in total. The van der Waals surface area contributed by atoms with Gasteiger partial charge in [-0.2, -0.15) is 5.01 Å². The van der Waals surface area contributed by atoms with Gasteiger partial charge >= 0.3 is 0 Å². The highest BCUT2D eigenvalue weighted by Crippen LogP contribution is 2.36. The van der Waals surface area contributed by atoms with Gasteiger partial charge in [-0.3, -0.25) is 19.2 Å². The lowest BCUT2D eigenvalue weighted by atomic mass is 9.85. The fourth-order valence-electron chi connectivity index (χ4n) is 3.92. The van der Waals surface area contributed by atoms with Gasteiger partial charge in [-0.25, -0.2) is 9.40 Å². The van der Waals surface area contributed by atoms with Gasteiger partial charge in [0.05, 0.1) is 22.4 Å². The summed E-state index contributed by atoms with van der Waals surface area (Å²) in [5, 5.41) is 1.90. The Morgan fingerprint density at radius 2 is 1.56 bits per heavy atom. The van der Waals surface area contributed by atoms with Crippen LogP contribution in [0.4, 0.5) is 4.39 Å². The molecule has 2 aromatic carbocycles. The first-order valence-corrected chi connectivity index (χ1v) is 10.6. The number of halogens is 3. The van der Waals surface area contributed by atoms with Gasteiger partial charge in [-0.1, -0.05) is 35.4 Å². The van der Waals surface area contributed by atoms with E-state index in [9.17, 15) is 23.6 Å². The number of hydrazine groups is 1. The van der Waals surface area contributed by atoms with Gasteiger partial charge in [0.1, 0.15) is 12.4 Å². The van der Waals surface area contributed by atoms with Crippen LogP contribution in [0, 0.1) is 17.7 Å². The van der Waals surface area contributed by atoms with E-state index in [1.807, 2.05) is 12.2 Å². The molecule has 9 heteroatoms. The Labute approximate surface area is 193 Å². The maximum Gasteiger partial charge on any atom is 0.274 e. The molecule has 164 valence electrons. The number of carbonyl (C=O) groups is 4. The standard InChI is InChI=1S/C23H17Cl2FN2O4/c24-14-7-10-18(19(25)11-14)21(30)27(12-20(29)13-5-8-15(26)9-6-13)28-22(31)16-3-1-2-4-17(16)23(28)32/h1-2,5-11,16-17H,3-4,12H2/t16-,17+. The van der Waals surface area contributed by atoms with Gasteiger partial charge in [0.15, 0.2) is 5.78 Å². The Bertz CT molecular complexity index is 1120. The molecular formula is C23H17Cl2FN2O4. The van der Waals surface area contributed by atoms with Crippen LogP contribution in [-0.2, 0) is 9.59 Å². The molecule has 1 heterocycles. The fourth-order valence-corrected chi connectivity index (χ4v) is 4.41. The summed E-state index contributed by atoms with van der Waals surface area (Å²) in [7, 11) is 0. The number of imide groups is 1. The molecule has 1 fully saturated rings. The highest BCUT2D eigenvalue weighted by atomic mass is 35.5. The Morgan fingerprint density at radius 3 is 2.12 bits per heavy atom. The number of hydrogen-bond donors (Lipinski definition) is 0. The number of nitrogens with zero attached hydrogens (tertiary/aromatic N) is 2. The SMILES string of the molecule is O=C(CN(C(=O)c1ccc(Cl)cc1Cl)N1C(=O)[C@H]2CC=CC[C@H]2C1=O)c1ccc(F)cc1. The summed E-state index contributed by atoms with van der Waals surface area (Å²) in [4.78, 5) is 52.5. The van der Waals surface area contributed by atoms with Gasteiger partial charge in [-0.15, -0.1) is 0 Å². The molecule has 0 aromatic heterocycles. The Kier molecular flexibility index (Phi) is 6.13. The molecule has 1 saturated heterocycles. The predicted octanol–water partition coefficient (Wildman–Crippen LogP) is 4.32. The van der Waals surface area contributed by atoms with Gasteiger partial charge in [0.25, 0.3) is 17.7 Å². The fraction of sp³-hybridized carbons (Fsp3) is 0.217. The normalized spacial score (nSPS) is 19.8. The Morgan fingerprint density at radius 1 is 0.969 bits per heavy atom. The van der Waals surface area contributed by atoms with Crippen LogP contribution in [0.3, 0.4) is 0 Å². The molecule has 6 nitrogen and oxygen atoms in total. The number of amides is 3. The summed E-state index contributed by atoms with van der Waals surface area (Å²) in [5.74, 6) is -4.17. The summed E-state index contributed by atoms with van der Waals surface area (Å²) < 4.78 is 13.3. The van der Waals surface area contributed by atoms with Crippen LogP contribution in [0.5, 0.6) is 0 Å². The average Bonchev–Trinajstić information content (AvgIpc) is 3.02. The third-order valence-electron chi connectivity index (χ3n) is 5.58. The van der Waals surface area contributed by atoms with Crippen molar-refractivity contribution in [2.45, 2.75) is 12.8 Å². The van der Waals surface area contributed by atoms with Crippen LogP contribution in [0.1, 0.15) is 33.6 Å². The lowest BCUT2D eigenvalue weighted by molar-refractivity contribution is -0.154. The van der Waals surface area contributed by atoms with E-state index in [1.54, 1.807) is 0 Å². The molecule has 0 radical (unpaired) electrons. The minimum atomic E-state index is -0.796. The zero-order valence-electron chi connectivity index (χ0n) is 16.6. The van der Waals surface area contributed by atoms with Crippen molar-refractivity contribution in [3.05, 3.63) is 81.6 Å².